The number of benzene rings is 2. The first-order valence-electron chi connectivity index (χ1n) is 8.60. The predicted octanol–water partition coefficient (Wildman–Crippen LogP) is 5.22. The third kappa shape index (κ3) is 4.92. The Balaban J connectivity index is 1.63. The van der Waals surface area contributed by atoms with Crippen LogP contribution in [0.15, 0.2) is 53.0 Å². The van der Waals surface area contributed by atoms with Crippen molar-refractivity contribution < 1.29 is 9.59 Å². The van der Waals surface area contributed by atoms with E-state index in [1.54, 1.807) is 18.2 Å². The van der Waals surface area contributed by atoms with Gasteiger partial charge in [0, 0.05) is 27.3 Å². The fourth-order valence-electron chi connectivity index (χ4n) is 3.09. The van der Waals surface area contributed by atoms with Crippen LogP contribution in [0.5, 0.6) is 0 Å². The molecule has 1 aliphatic carbocycles. The number of hydrogen-bond acceptors (Lipinski definition) is 2. The van der Waals surface area contributed by atoms with Crippen LogP contribution in [0.1, 0.15) is 42.5 Å². The van der Waals surface area contributed by atoms with Gasteiger partial charge in [-0.2, -0.15) is 0 Å². The van der Waals surface area contributed by atoms with Crippen molar-refractivity contribution in [1.29, 1.82) is 0 Å². The summed E-state index contributed by atoms with van der Waals surface area (Å²) in [6.45, 7) is 0. The molecule has 0 aliphatic heterocycles. The van der Waals surface area contributed by atoms with E-state index in [1.165, 1.54) is 6.42 Å². The van der Waals surface area contributed by atoms with Crippen LogP contribution in [0.2, 0.25) is 0 Å². The Morgan fingerprint density at radius 3 is 2.20 bits per heavy atom. The molecule has 4 nitrogen and oxygen atoms in total. The molecule has 2 aromatic carbocycles. The molecule has 0 bridgehead atoms. The standard InChI is InChI=1S/C20H21BrN2O2/c21-16-11-9-15(10-12-16)20(25)23-18-8-4-7-17(13-18)22-19(24)14-5-2-1-3-6-14/h4,7-14H,1-3,5-6H2,(H,22,24)(H,23,25). The third-order valence-corrected chi connectivity index (χ3v) is 5.00. The molecule has 130 valence electrons. The average Bonchev–Trinajstić information content (AvgIpc) is 2.63. The van der Waals surface area contributed by atoms with Crippen LogP contribution in [0, 0.1) is 5.92 Å². The summed E-state index contributed by atoms with van der Waals surface area (Å²) in [5.74, 6) is 0.00843. The Labute approximate surface area is 156 Å². The largest absolute Gasteiger partial charge is 0.326 e. The van der Waals surface area contributed by atoms with Crippen LogP contribution in [0.3, 0.4) is 0 Å². The predicted molar refractivity (Wildman–Crippen MR) is 104 cm³/mol. The minimum atomic E-state index is -0.178. The molecule has 0 unspecified atom stereocenters. The molecule has 0 aromatic heterocycles. The lowest BCUT2D eigenvalue weighted by molar-refractivity contribution is -0.120. The van der Waals surface area contributed by atoms with Crippen LogP contribution in [-0.2, 0) is 4.79 Å². The Morgan fingerprint density at radius 2 is 1.52 bits per heavy atom. The van der Waals surface area contributed by atoms with E-state index < -0.39 is 0 Å². The molecule has 5 heteroatoms. The summed E-state index contributed by atoms with van der Waals surface area (Å²) in [6.07, 6.45) is 5.40. The lowest BCUT2D eigenvalue weighted by atomic mass is 9.88. The number of hydrogen-bond donors (Lipinski definition) is 2. The summed E-state index contributed by atoms with van der Waals surface area (Å²) in [5.41, 5.74) is 1.96. The molecule has 0 radical (unpaired) electrons. The molecule has 2 N–H and O–H groups in total. The Hall–Kier alpha value is -2.14. The van der Waals surface area contributed by atoms with E-state index in [9.17, 15) is 9.59 Å². The van der Waals surface area contributed by atoms with Crippen molar-refractivity contribution in [2.75, 3.05) is 10.6 Å². The van der Waals surface area contributed by atoms with E-state index in [2.05, 4.69) is 26.6 Å². The summed E-state index contributed by atoms with van der Waals surface area (Å²) >= 11 is 3.35. The molecular formula is C20H21BrN2O2. The minimum absolute atomic E-state index is 0.0797. The van der Waals surface area contributed by atoms with Gasteiger partial charge in [0.05, 0.1) is 0 Å². The summed E-state index contributed by atoms with van der Waals surface area (Å²) in [6, 6.07) is 14.4. The molecule has 2 amide bonds. The fourth-order valence-corrected chi connectivity index (χ4v) is 3.35. The van der Waals surface area contributed by atoms with E-state index in [0.717, 1.165) is 30.2 Å². The minimum Gasteiger partial charge on any atom is -0.326 e. The second-order valence-electron chi connectivity index (χ2n) is 6.37. The number of rotatable bonds is 4. The van der Waals surface area contributed by atoms with Crippen LogP contribution < -0.4 is 10.6 Å². The van der Waals surface area contributed by atoms with Gasteiger partial charge >= 0.3 is 0 Å². The second-order valence-corrected chi connectivity index (χ2v) is 7.28. The van der Waals surface area contributed by atoms with Gasteiger partial charge in [-0.15, -0.1) is 0 Å². The summed E-state index contributed by atoms with van der Waals surface area (Å²) in [5, 5.41) is 5.84. The van der Waals surface area contributed by atoms with Crippen LogP contribution >= 0.6 is 15.9 Å². The number of amides is 2. The molecule has 2 aromatic rings. The Bertz CT molecular complexity index is 753. The molecule has 0 spiro atoms. The van der Waals surface area contributed by atoms with Crippen molar-refractivity contribution in [1.82, 2.24) is 0 Å². The van der Waals surface area contributed by atoms with Gasteiger partial charge in [-0.3, -0.25) is 9.59 Å². The highest BCUT2D eigenvalue weighted by molar-refractivity contribution is 9.10. The average molecular weight is 401 g/mol. The third-order valence-electron chi connectivity index (χ3n) is 4.47. The highest BCUT2D eigenvalue weighted by atomic mass is 79.9. The van der Waals surface area contributed by atoms with Crippen molar-refractivity contribution in [2.24, 2.45) is 5.92 Å². The number of anilines is 2. The number of carbonyl (C=O) groups excluding carboxylic acids is 2. The lowest BCUT2D eigenvalue weighted by Crippen LogP contribution is -2.24. The Morgan fingerprint density at radius 1 is 0.880 bits per heavy atom. The number of nitrogens with one attached hydrogen (secondary N) is 2. The summed E-state index contributed by atoms with van der Waals surface area (Å²) in [4.78, 5) is 24.6. The van der Waals surface area contributed by atoms with Crippen molar-refractivity contribution in [2.45, 2.75) is 32.1 Å². The van der Waals surface area contributed by atoms with Crippen LogP contribution in [0.4, 0.5) is 11.4 Å². The smallest absolute Gasteiger partial charge is 0.255 e. The summed E-state index contributed by atoms with van der Waals surface area (Å²) < 4.78 is 0.927. The molecular weight excluding hydrogens is 380 g/mol. The highest BCUT2D eigenvalue weighted by Gasteiger charge is 2.21. The normalized spacial score (nSPS) is 14.8. The zero-order valence-corrected chi connectivity index (χ0v) is 15.5. The van der Waals surface area contributed by atoms with Gasteiger partial charge in [-0.1, -0.05) is 41.3 Å². The first-order valence-corrected chi connectivity index (χ1v) is 9.39. The van der Waals surface area contributed by atoms with Crippen LogP contribution in [0.25, 0.3) is 0 Å². The maximum Gasteiger partial charge on any atom is 0.255 e. The Kier molecular flexibility index (Phi) is 5.87. The number of halogens is 1. The highest BCUT2D eigenvalue weighted by Crippen LogP contribution is 2.25. The van der Waals surface area contributed by atoms with E-state index in [-0.39, 0.29) is 17.7 Å². The molecule has 25 heavy (non-hydrogen) atoms. The maximum atomic E-state index is 12.4. The van der Waals surface area contributed by atoms with E-state index in [4.69, 9.17) is 0 Å². The SMILES string of the molecule is O=C(Nc1cccc(NC(=O)C2CCCCC2)c1)c1ccc(Br)cc1. The molecule has 0 saturated heterocycles. The van der Waals surface area contributed by atoms with Gasteiger partial charge in [0.25, 0.3) is 5.91 Å². The van der Waals surface area contributed by atoms with E-state index in [0.29, 0.717) is 16.9 Å². The zero-order chi connectivity index (χ0) is 17.6. The van der Waals surface area contributed by atoms with Crippen molar-refractivity contribution in [3.05, 3.63) is 58.6 Å². The molecule has 1 aliphatic rings. The lowest BCUT2D eigenvalue weighted by Gasteiger charge is -2.20. The van der Waals surface area contributed by atoms with Gasteiger partial charge in [0.2, 0.25) is 5.91 Å². The first kappa shape index (κ1) is 17.7. The van der Waals surface area contributed by atoms with Gasteiger partial charge in [-0.05, 0) is 55.3 Å². The molecule has 0 atom stereocenters. The zero-order valence-electron chi connectivity index (χ0n) is 13.9. The molecule has 1 saturated carbocycles. The molecule has 0 heterocycles. The van der Waals surface area contributed by atoms with E-state index >= 15 is 0 Å². The van der Waals surface area contributed by atoms with E-state index in [1.807, 2.05) is 30.3 Å². The molecule has 3 rings (SSSR count). The summed E-state index contributed by atoms with van der Waals surface area (Å²) in [7, 11) is 0. The quantitative estimate of drug-likeness (QED) is 0.738. The van der Waals surface area contributed by atoms with Crippen molar-refractivity contribution in [3.8, 4) is 0 Å². The monoisotopic (exact) mass is 400 g/mol. The van der Waals surface area contributed by atoms with Gasteiger partial charge < -0.3 is 10.6 Å². The molecule has 1 fully saturated rings. The van der Waals surface area contributed by atoms with Crippen LogP contribution in [-0.4, -0.2) is 11.8 Å². The number of carbonyl (C=O) groups is 2. The maximum absolute atomic E-state index is 12.4. The van der Waals surface area contributed by atoms with Crippen molar-refractivity contribution in [3.63, 3.8) is 0 Å². The van der Waals surface area contributed by atoms with Gasteiger partial charge in [0.15, 0.2) is 0 Å². The second kappa shape index (κ2) is 8.30. The van der Waals surface area contributed by atoms with Gasteiger partial charge in [-0.25, -0.2) is 0 Å². The van der Waals surface area contributed by atoms with Crippen molar-refractivity contribution >= 4 is 39.1 Å². The fraction of sp³-hybridized carbons (Fsp3) is 0.300. The topological polar surface area (TPSA) is 58.2 Å². The van der Waals surface area contributed by atoms with Gasteiger partial charge in [0.1, 0.15) is 0 Å². The first-order chi connectivity index (χ1) is 12.1.